The van der Waals surface area contributed by atoms with Crippen molar-refractivity contribution in [2.75, 3.05) is 11.5 Å². The van der Waals surface area contributed by atoms with Crippen LogP contribution in [0.25, 0.3) is 10.2 Å². The number of aromatic nitrogens is 2. The molecule has 1 aliphatic rings. The van der Waals surface area contributed by atoms with Crippen molar-refractivity contribution in [3.05, 3.63) is 16.3 Å². The van der Waals surface area contributed by atoms with E-state index in [1.165, 1.54) is 28.6 Å². The van der Waals surface area contributed by atoms with Gasteiger partial charge in [-0.05, 0) is 44.6 Å². The molecule has 0 bridgehead atoms. The fraction of sp³-hybridized carbons (Fsp3) is 0.588. The van der Waals surface area contributed by atoms with Crippen LogP contribution in [-0.2, 0) is 28.1 Å². The lowest BCUT2D eigenvalue weighted by atomic mass is 9.89. The van der Waals surface area contributed by atoms with Gasteiger partial charge in [-0.2, -0.15) is 0 Å². The first-order chi connectivity index (χ1) is 11.4. The van der Waals surface area contributed by atoms with Gasteiger partial charge in [-0.1, -0.05) is 6.92 Å². The van der Waals surface area contributed by atoms with Crippen molar-refractivity contribution in [1.29, 1.82) is 0 Å². The van der Waals surface area contributed by atoms with Crippen LogP contribution >= 0.6 is 23.1 Å². The van der Waals surface area contributed by atoms with Crippen LogP contribution in [0.4, 0.5) is 5.82 Å². The van der Waals surface area contributed by atoms with E-state index >= 15 is 0 Å². The summed E-state index contributed by atoms with van der Waals surface area (Å²) in [6, 6.07) is 0. The lowest BCUT2D eigenvalue weighted by Crippen LogP contribution is -2.13. The topological polar surface area (TPSA) is 78.1 Å². The molecular formula is C17H23N3O2S2. The van der Waals surface area contributed by atoms with Gasteiger partial charge >= 0.3 is 5.97 Å². The highest BCUT2D eigenvalue weighted by molar-refractivity contribution is 7.99. The molecule has 0 spiro atoms. The quantitative estimate of drug-likeness (QED) is 0.816. The fourth-order valence-electron chi connectivity index (χ4n) is 3.00. The van der Waals surface area contributed by atoms with Crippen LogP contribution in [0.2, 0.25) is 0 Å². The zero-order valence-corrected chi connectivity index (χ0v) is 15.9. The third-order valence-electron chi connectivity index (χ3n) is 4.05. The van der Waals surface area contributed by atoms with Crippen molar-refractivity contribution >= 4 is 45.1 Å². The number of rotatable bonds is 5. The number of nitrogens with zero attached hydrogens (tertiary/aromatic N) is 2. The second-order valence-corrected chi connectivity index (χ2v) is 8.66. The van der Waals surface area contributed by atoms with E-state index in [1.54, 1.807) is 11.3 Å². The number of thiophene rings is 1. The molecule has 0 saturated heterocycles. The number of aryl methyl sites for hydroxylation is 1. The predicted octanol–water partition coefficient (Wildman–Crippen LogP) is 3.58. The maximum Gasteiger partial charge on any atom is 0.316 e. The Morgan fingerprint density at radius 2 is 2.25 bits per heavy atom. The molecule has 0 amide bonds. The smallest absolute Gasteiger partial charge is 0.316 e. The molecule has 2 aromatic heterocycles. The minimum atomic E-state index is -0.204. The summed E-state index contributed by atoms with van der Waals surface area (Å²) in [5.41, 5.74) is 7.56. The summed E-state index contributed by atoms with van der Waals surface area (Å²) in [7, 11) is 0. The molecule has 1 atom stereocenters. The first-order valence-corrected chi connectivity index (χ1v) is 10.2. The summed E-state index contributed by atoms with van der Waals surface area (Å²) < 4.78 is 5.12. The maximum atomic E-state index is 11.6. The Morgan fingerprint density at radius 1 is 1.46 bits per heavy atom. The van der Waals surface area contributed by atoms with Crippen molar-refractivity contribution in [2.45, 2.75) is 51.9 Å². The number of hydrogen-bond acceptors (Lipinski definition) is 7. The average molecular weight is 366 g/mol. The Balaban J connectivity index is 1.73. The SMILES string of the molecule is CC1CCc2c(sc3nc(CSCC(=O)OC(C)C)nc(N)c23)C1. The van der Waals surface area contributed by atoms with E-state index in [0.29, 0.717) is 23.1 Å². The highest BCUT2D eigenvalue weighted by atomic mass is 32.2. The van der Waals surface area contributed by atoms with Crippen molar-refractivity contribution in [3.63, 3.8) is 0 Å². The third-order valence-corrected chi connectivity index (χ3v) is 6.10. The Bertz CT molecular complexity index is 758. The van der Waals surface area contributed by atoms with Crippen LogP contribution in [0.1, 0.15) is 43.5 Å². The van der Waals surface area contributed by atoms with Gasteiger partial charge in [-0.15, -0.1) is 23.1 Å². The van der Waals surface area contributed by atoms with Gasteiger partial charge in [-0.3, -0.25) is 4.79 Å². The van der Waals surface area contributed by atoms with Crippen LogP contribution in [0.5, 0.6) is 0 Å². The van der Waals surface area contributed by atoms with Crippen molar-refractivity contribution < 1.29 is 9.53 Å². The number of thioether (sulfide) groups is 1. The highest BCUT2D eigenvalue weighted by Gasteiger charge is 2.23. The normalized spacial score (nSPS) is 17.2. The molecule has 24 heavy (non-hydrogen) atoms. The molecule has 0 radical (unpaired) electrons. The minimum Gasteiger partial charge on any atom is -0.462 e. The van der Waals surface area contributed by atoms with E-state index in [-0.39, 0.29) is 12.1 Å². The van der Waals surface area contributed by atoms with Crippen molar-refractivity contribution in [1.82, 2.24) is 9.97 Å². The van der Waals surface area contributed by atoms with Gasteiger partial charge < -0.3 is 10.5 Å². The Hall–Kier alpha value is -1.34. The number of esters is 1. The largest absolute Gasteiger partial charge is 0.462 e. The van der Waals surface area contributed by atoms with E-state index in [2.05, 4.69) is 16.9 Å². The Morgan fingerprint density at radius 3 is 3.00 bits per heavy atom. The zero-order chi connectivity index (χ0) is 17.3. The van der Waals surface area contributed by atoms with E-state index < -0.39 is 0 Å². The van der Waals surface area contributed by atoms with Gasteiger partial charge in [-0.25, -0.2) is 9.97 Å². The lowest BCUT2D eigenvalue weighted by molar-refractivity contribution is -0.144. The molecular weight excluding hydrogens is 342 g/mol. The van der Waals surface area contributed by atoms with E-state index in [4.69, 9.17) is 10.5 Å². The van der Waals surface area contributed by atoms with Crippen LogP contribution in [0.3, 0.4) is 0 Å². The number of hydrogen-bond donors (Lipinski definition) is 1. The van der Waals surface area contributed by atoms with Crippen LogP contribution in [-0.4, -0.2) is 27.8 Å². The summed E-state index contributed by atoms with van der Waals surface area (Å²) in [6.07, 6.45) is 3.30. The summed E-state index contributed by atoms with van der Waals surface area (Å²) in [6.45, 7) is 5.99. The first kappa shape index (κ1) is 17.5. The molecule has 1 aliphatic carbocycles. The van der Waals surface area contributed by atoms with E-state index in [1.807, 2.05) is 13.8 Å². The Labute approximate surface area is 150 Å². The van der Waals surface area contributed by atoms with Gasteiger partial charge in [0.25, 0.3) is 0 Å². The van der Waals surface area contributed by atoms with Gasteiger partial charge in [0, 0.05) is 4.88 Å². The molecule has 2 heterocycles. The summed E-state index contributed by atoms with van der Waals surface area (Å²) >= 11 is 3.21. The molecule has 0 aromatic carbocycles. The third kappa shape index (κ3) is 3.83. The second kappa shape index (κ2) is 7.27. The summed E-state index contributed by atoms with van der Waals surface area (Å²) in [5.74, 6) is 2.65. The summed E-state index contributed by atoms with van der Waals surface area (Å²) in [4.78, 5) is 23.1. The van der Waals surface area contributed by atoms with Gasteiger partial charge in [0.15, 0.2) is 0 Å². The monoisotopic (exact) mass is 365 g/mol. The van der Waals surface area contributed by atoms with E-state index in [0.717, 1.165) is 29.0 Å². The molecule has 7 heteroatoms. The van der Waals surface area contributed by atoms with Crippen molar-refractivity contribution in [2.24, 2.45) is 5.92 Å². The predicted molar refractivity (Wildman–Crippen MR) is 100 cm³/mol. The molecule has 2 aromatic rings. The molecule has 1 unspecified atom stereocenters. The molecule has 5 nitrogen and oxygen atoms in total. The summed E-state index contributed by atoms with van der Waals surface area (Å²) in [5, 5.41) is 1.05. The fourth-order valence-corrected chi connectivity index (χ4v) is 5.06. The average Bonchev–Trinajstić information content (AvgIpc) is 2.83. The van der Waals surface area contributed by atoms with Crippen LogP contribution in [0.15, 0.2) is 0 Å². The first-order valence-electron chi connectivity index (χ1n) is 8.28. The zero-order valence-electron chi connectivity index (χ0n) is 14.3. The number of nitrogens with two attached hydrogens (primary N) is 1. The number of nitrogen functional groups attached to an aromatic ring is 1. The molecule has 3 rings (SSSR count). The number of anilines is 1. The molecule has 0 aliphatic heterocycles. The van der Waals surface area contributed by atoms with Gasteiger partial charge in [0.1, 0.15) is 16.5 Å². The van der Waals surface area contributed by atoms with Crippen LogP contribution < -0.4 is 5.73 Å². The van der Waals surface area contributed by atoms with Crippen LogP contribution in [0, 0.1) is 5.92 Å². The number of carbonyl (C=O) groups is 1. The lowest BCUT2D eigenvalue weighted by Gasteiger charge is -2.17. The molecule has 0 saturated carbocycles. The highest BCUT2D eigenvalue weighted by Crippen LogP contribution is 2.39. The van der Waals surface area contributed by atoms with Gasteiger partial charge in [0.05, 0.1) is 23.0 Å². The maximum absolute atomic E-state index is 11.6. The second-order valence-electron chi connectivity index (χ2n) is 6.59. The van der Waals surface area contributed by atoms with Gasteiger partial charge in [0.2, 0.25) is 0 Å². The van der Waals surface area contributed by atoms with E-state index in [9.17, 15) is 4.79 Å². The minimum absolute atomic E-state index is 0.0822. The number of carbonyl (C=O) groups excluding carboxylic acids is 1. The van der Waals surface area contributed by atoms with Crippen molar-refractivity contribution in [3.8, 4) is 0 Å². The Kier molecular flexibility index (Phi) is 5.30. The number of ether oxygens (including phenoxy) is 1. The molecule has 130 valence electrons. The molecule has 2 N–H and O–H groups in total. The number of fused-ring (bicyclic) bond motifs is 3. The molecule has 0 fully saturated rings. The standard InChI is InChI=1S/C17H23N3O2S2/c1-9(2)22-14(21)8-23-7-13-19-16(18)15-11-5-4-10(3)6-12(11)24-17(15)20-13/h9-10H,4-8H2,1-3H3,(H2,18,19,20).